The number of hydrogen-bond acceptors (Lipinski definition) is 8. The molecule has 0 radical (unpaired) electrons. The highest BCUT2D eigenvalue weighted by atomic mass is 31.2. The van der Waals surface area contributed by atoms with Gasteiger partial charge in [-0.25, -0.2) is 4.57 Å². The van der Waals surface area contributed by atoms with Crippen molar-refractivity contribution in [3.8, 4) is 0 Å². The third kappa shape index (κ3) is 34.2. The predicted molar refractivity (Wildman–Crippen MR) is 192 cm³/mol. The lowest BCUT2D eigenvalue weighted by Crippen LogP contribution is -2.29. The molecule has 3 N–H and O–H groups in total. The van der Waals surface area contributed by atoms with Crippen molar-refractivity contribution in [3.05, 3.63) is 24.3 Å². The van der Waals surface area contributed by atoms with Gasteiger partial charge < -0.3 is 20.1 Å². The lowest BCUT2D eigenvalue weighted by atomic mass is 10.1. The first-order chi connectivity index (χ1) is 22.8. The summed E-state index contributed by atoms with van der Waals surface area (Å²) in [4.78, 5) is 34.5. The van der Waals surface area contributed by atoms with Gasteiger partial charge in [0.2, 0.25) is 0 Å². The number of phosphoric ester groups is 1. The molecule has 0 aromatic heterocycles. The number of hydrogen-bond donors (Lipinski definition) is 2. The summed E-state index contributed by atoms with van der Waals surface area (Å²) in [7, 11) is -4.36. The molecule has 9 nitrogen and oxygen atoms in total. The molecule has 0 fully saturated rings. The Hall–Kier alpha value is -1.51. The summed E-state index contributed by atoms with van der Waals surface area (Å²) in [6, 6.07) is 0. The van der Waals surface area contributed by atoms with Crippen LogP contribution < -0.4 is 5.73 Å². The molecule has 0 aromatic rings. The van der Waals surface area contributed by atoms with E-state index in [2.05, 4.69) is 38.2 Å². The van der Waals surface area contributed by atoms with Crippen molar-refractivity contribution in [1.82, 2.24) is 0 Å². The molecule has 0 spiro atoms. The Labute approximate surface area is 287 Å². The van der Waals surface area contributed by atoms with Gasteiger partial charge in [-0.2, -0.15) is 0 Å². The van der Waals surface area contributed by atoms with Gasteiger partial charge >= 0.3 is 19.8 Å². The zero-order valence-electron chi connectivity index (χ0n) is 30.0. The smallest absolute Gasteiger partial charge is 0.462 e. The highest BCUT2D eigenvalue weighted by molar-refractivity contribution is 7.47. The average Bonchev–Trinajstić information content (AvgIpc) is 3.05. The minimum atomic E-state index is -4.36. The fraction of sp³-hybridized carbons (Fsp3) is 0.838. The molecule has 2 unspecified atom stereocenters. The minimum Gasteiger partial charge on any atom is -0.462 e. The normalized spacial score (nSPS) is 13.7. The molecule has 0 rings (SSSR count). The van der Waals surface area contributed by atoms with Gasteiger partial charge in [0.15, 0.2) is 6.10 Å². The number of allylic oxidation sites excluding steroid dienone is 4. The zero-order chi connectivity index (χ0) is 34.7. The van der Waals surface area contributed by atoms with Gasteiger partial charge in [-0.3, -0.25) is 18.6 Å². The van der Waals surface area contributed by atoms with Crippen LogP contribution in [0.15, 0.2) is 24.3 Å². The van der Waals surface area contributed by atoms with Crippen LogP contribution >= 0.6 is 7.82 Å². The van der Waals surface area contributed by atoms with Gasteiger partial charge in [0, 0.05) is 19.4 Å². The molecule has 2 atom stereocenters. The number of rotatable bonds is 35. The highest BCUT2D eigenvalue weighted by Crippen LogP contribution is 2.43. The Morgan fingerprint density at radius 2 is 1.11 bits per heavy atom. The summed E-state index contributed by atoms with van der Waals surface area (Å²) in [6.45, 7) is 3.64. The van der Waals surface area contributed by atoms with Gasteiger partial charge in [-0.1, -0.05) is 134 Å². The molecule has 276 valence electrons. The maximum Gasteiger partial charge on any atom is 0.472 e. The standard InChI is InChI=1S/C37H70NO8P/c1-3-5-7-9-11-12-13-14-15-16-17-18-19-20-21-22-24-26-28-30-37(40)46-35(34-45-47(41,42)44-32-31-38)33-43-36(39)29-27-25-23-10-8-6-4-2/h11-12,14-15,35H,3-10,13,16-34,38H2,1-2H3,(H,41,42)/b12-11-,15-14-. The number of unbranched alkanes of at least 4 members (excludes halogenated alkanes) is 18. The van der Waals surface area contributed by atoms with Crippen molar-refractivity contribution in [2.75, 3.05) is 26.4 Å². The van der Waals surface area contributed by atoms with Crippen LogP contribution in [-0.2, 0) is 32.7 Å². The minimum absolute atomic E-state index is 0.0537. The summed E-state index contributed by atoms with van der Waals surface area (Å²) < 4.78 is 32.5. The number of carbonyl (C=O) groups is 2. The number of ether oxygens (including phenoxy) is 2. The fourth-order valence-corrected chi connectivity index (χ4v) is 5.78. The van der Waals surface area contributed by atoms with E-state index in [0.29, 0.717) is 6.42 Å². The van der Waals surface area contributed by atoms with Crippen LogP contribution in [0.3, 0.4) is 0 Å². The van der Waals surface area contributed by atoms with Crippen LogP contribution in [0.5, 0.6) is 0 Å². The quantitative estimate of drug-likeness (QED) is 0.0289. The third-order valence-corrected chi connectivity index (χ3v) is 8.82. The van der Waals surface area contributed by atoms with E-state index in [-0.39, 0.29) is 38.6 Å². The first kappa shape index (κ1) is 45.5. The molecule has 0 aromatic carbocycles. The van der Waals surface area contributed by atoms with Crippen molar-refractivity contribution in [2.24, 2.45) is 5.73 Å². The molecule has 0 aliphatic rings. The number of phosphoric acid groups is 1. The monoisotopic (exact) mass is 687 g/mol. The average molecular weight is 688 g/mol. The van der Waals surface area contributed by atoms with Crippen molar-refractivity contribution < 1.29 is 37.6 Å². The Morgan fingerprint density at radius 3 is 1.66 bits per heavy atom. The van der Waals surface area contributed by atoms with E-state index in [1.807, 2.05) is 0 Å². The van der Waals surface area contributed by atoms with E-state index in [1.165, 1.54) is 83.5 Å². The second-order valence-corrected chi connectivity index (χ2v) is 13.9. The van der Waals surface area contributed by atoms with E-state index < -0.39 is 26.5 Å². The molecule has 0 aliphatic carbocycles. The Balaban J connectivity index is 4.12. The second kappa shape index (κ2) is 34.4. The predicted octanol–water partition coefficient (Wildman–Crippen LogP) is 10.0. The van der Waals surface area contributed by atoms with Crippen LogP contribution in [0, 0.1) is 0 Å². The fourth-order valence-electron chi connectivity index (χ4n) is 5.02. The SMILES string of the molecule is CCCCC/C=C\C/C=C\CCCCCCCCCCCC(=O)OC(COC(=O)CCCCCCCCC)COP(=O)(O)OCCN. The second-order valence-electron chi connectivity index (χ2n) is 12.4. The van der Waals surface area contributed by atoms with Gasteiger partial charge in [-0.05, 0) is 44.9 Å². The first-order valence-corrected chi connectivity index (χ1v) is 20.3. The van der Waals surface area contributed by atoms with Gasteiger partial charge in [0.25, 0.3) is 0 Å². The summed E-state index contributed by atoms with van der Waals surface area (Å²) >= 11 is 0. The Bertz CT molecular complexity index is 835. The van der Waals surface area contributed by atoms with Gasteiger partial charge in [0.05, 0.1) is 13.2 Å². The molecule has 10 heteroatoms. The lowest BCUT2D eigenvalue weighted by molar-refractivity contribution is -0.161. The summed E-state index contributed by atoms with van der Waals surface area (Å²) in [5.74, 6) is -0.839. The lowest BCUT2D eigenvalue weighted by Gasteiger charge is -2.19. The van der Waals surface area contributed by atoms with E-state index in [1.54, 1.807) is 0 Å². The molecule has 0 aliphatic heterocycles. The summed E-state index contributed by atoms with van der Waals surface area (Å²) in [6.07, 6.45) is 33.7. The van der Waals surface area contributed by atoms with Crippen LogP contribution in [0.2, 0.25) is 0 Å². The Morgan fingerprint density at radius 1 is 0.638 bits per heavy atom. The van der Waals surface area contributed by atoms with Gasteiger partial charge in [-0.15, -0.1) is 0 Å². The van der Waals surface area contributed by atoms with E-state index in [9.17, 15) is 19.0 Å². The maximum absolute atomic E-state index is 12.5. The highest BCUT2D eigenvalue weighted by Gasteiger charge is 2.25. The largest absolute Gasteiger partial charge is 0.472 e. The van der Waals surface area contributed by atoms with Crippen LogP contribution in [0.25, 0.3) is 0 Å². The van der Waals surface area contributed by atoms with Crippen LogP contribution in [-0.4, -0.2) is 49.3 Å². The van der Waals surface area contributed by atoms with Crippen LogP contribution in [0.4, 0.5) is 0 Å². The first-order valence-electron chi connectivity index (χ1n) is 18.8. The maximum atomic E-state index is 12.5. The molecule has 0 heterocycles. The molecular weight excluding hydrogens is 617 g/mol. The molecule has 0 amide bonds. The zero-order valence-corrected chi connectivity index (χ0v) is 30.9. The summed E-state index contributed by atoms with van der Waals surface area (Å²) in [5.41, 5.74) is 5.32. The number of nitrogens with two attached hydrogens (primary N) is 1. The van der Waals surface area contributed by atoms with Crippen molar-refractivity contribution in [1.29, 1.82) is 0 Å². The molecular formula is C37H70NO8P. The topological polar surface area (TPSA) is 134 Å². The van der Waals surface area contributed by atoms with E-state index >= 15 is 0 Å². The third-order valence-electron chi connectivity index (χ3n) is 7.84. The molecule has 0 saturated heterocycles. The number of carbonyl (C=O) groups excluding carboxylic acids is 2. The van der Waals surface area contributed by atoms with Gasteiger partial charge in [0.1, 0.15) is 6.61 Å². The molecule has 47 heavy (non-hydrogen) atoms. The van der Waals surface area contributed by atoms with Crippen molar-refractivity contribution >= 4 is 19.8 Å². The van der Waals surface area contributed by atoms with Crippen molar-refractivity contribution in [3.63, 3.8) is 0 Å². The summed E-state index contributed by atoms with van der Waals surface area (Å²) in [5, 5.41) is 0. The Kier molecular flexibility index (Phi) is 33.3. The number of esters is 2. The van der Waals surface area contributed by atoms with Crippen molar-refractivity contribution in [2.45, 2.75) is 174 Å². The van der Waals surface area contributed by atoms with E-state index in [4.69, 9.17) is 24.3 Å². The van der Waals surface area contributed by atoms with E-state index in [0.717, 1.165) is 51.4 Å². The van der Waals surface area contributed by atoms with Crippen LogP contribution in [0.1, 0.15) is 168 Å². The molecule has 0 saturated carbocycles. The molecule has 0 bridgehead atoms.